The van der Waals surface area contributed by atoms with Crippen molar-refractivity contribution in [3.05, 3.63) is 83.6 Å². The molecular formula is C35H39F2N5O4. The van der Waals surface area contributed by atoms with Crippen molar-refractivity contribution < 1.29 is 27.9 Å². The maximum absolute atomic E-state index is 15.1. The Hall–Kier alpha value is -4.22. The van der Waals surface area contributed by atoms with Crippen molar-refractivity contribution in [2.75, 3.05) is 51.6 Å². The van der Waals surface area contributed by atoms with E-state index >= 15 is 4.39 Å². The normalized spacial score (nSPS) is 18.6. The number of rotatable bonds is 10. The van der Waals surface area contributed by atoms with E-state index in [4.69, 9.17) is 4.74 Å². The number of nitrogens with one attached hydrogen (secondary N) is 1. The van der Waals surface area contributed by atoms with Gasteiger partial charge in [-0.2, -0.15) is 0 Å². The Morgan fingerprint density at radius 3 is 2.22 bits per heavy atom. The summed E-state index contributed by atoms with van der Waals surface area (Å²) in [6.07, 6.45) is 4.08. The first-order valence-corrected chi connectivity index (χ1v) is 15.9. The molecule has 11 heteroatoms. The Bertz CT molecular complexity index is 1580. The van der Waals surface area contributed by atoms with Gasteiger partial charge in [0.1, 0.15) is 29.0 Å². The van der Waals surface area contributed by atoms with Crippen molar-refractivity contribution in [2.24, 2.45) is 5.41 Å². The van der Waals surface area contributed by atoms with Gasteiger partial charge in [-0.15, -0.1) is 0 Å². The first-order chi connectivity index (χ1) is 22.2. The van der Waals surface area contributed by atoms with Gasteiger partial charge in [0.05, 0.1) is 5.41 Å². The summed E-state index contributed by atoms with van der Waals surface area (Å²) < 4.78 is 34.2. The van der Waals surface area contributed by atoms with Gasteiger partial charge >= 0.3 is 6.03 Å². The van der Waals surface area contributed by atoms with Gasteiger partial charge in [0.25, 0.3) is 0 Å². The van der Waals surface area contributed by atoms with E-state index in [0.29, 0.717) is 49.1 Å². The number of Topliss-reactive ketones (excluding diaryl/α,β-unsaturated/α-hetero) is 2. The summed E-state index contributed by atoms with van der Waals surface area (Å²) in [5.41, 5.74) is -0.287. The number of likely N-dealkylation sites (tertiary alicyclic amines) is 1. The molecule has 1 saturated carbocycles. The Morgan fingerprint density at radius 1 is 0.870 bits per heavy atom. The third-order valence-electron chi connectivity index (χ3n) is 9.48. The maximum atomic E-state index is 15.1. The molecule has 9 nitrogen and oxygen atoms in total. The van der Waals surface area contributed by atoms with Gasteiger partial charge in [0.15, 0.2) is 11.6 Å². The zero-order chi connectivity index (χ0) is 32.3. The maximum Gasteiger partial charge on any atom is 0.323 e. The van der Waals surface area contributed by atoms with E-state index in [9.17, 15) is 18.8 Å². The summed E-state index contributed by atoms with van der Waals surface area (Å²) in [7, 11) is 2.15. The van der Waals surface area contributed by atoms with Crippen LogP contribution in [0.1, 0.15) is 36.8 Å². The fourth-order valence-electron chi connectivity index (χ4n) is 6.36. The second-order valence-corrected chi connectivity index (χ2v) is 12.6. The van der Waals surface area contributed by atoms with Gasteiger partial charge in [-0.25, -0.2) is 18.6 Å². The molecule has 3 fully saturated rings. The molecule has 1 aliphatic carbocycles. The number of hydrogen-bond donors (Lipinski definition) is 1. The highest BCUT2D eigenvalue weighted by molar-refractivity contribution is 6.11. The largest absolute Gasteiger partial charge is 0.457 e. The van der Waals surface area contributed by atoms with Crippen molar-refractivity contribution in [1.29, 1.82) is 0 Å². The van der Waals surface area contributed by atoms with Crippen LogP contribution in [0.2, 0.25) is 0 Å². The van der Waals surface area contributed by atoms with E-state index in [1.54, 1.807) is 23.1 Å². The molecule has 242 valence electrons. The summed E-state index contributed by atoms with van der Waals surface area (Å²) in [6.45, 7) is 5.64. The Labute approximate surface area is 267 Å². The molecule has 0 radical (unpaired) electrons. The highest BCUT2D eigenvalue weighted by Gasteiger charge is 2.54. The van der Waals surface area contributed by atoms with Crippen LogP contribution in [0.15, 0.2) is 60.8 Å². The highest BCUT2D eigenvalue weighted by Crippen LogP contribution is 2.49. The van der Waals surface area contributed by atoms with Crippen LogP contribution < -0.4 is 10.1 Å². The number of ether oxygens (including phenoxy) is 1. The first kappa shape index (κ1) is 31.7. The number of carbonyl (C=O) groups excluding carboxylic acids is 3. The topological polar surface area (TPSA) is 95.1 Å². The molecule has 3 aromatic rings. The number of pyridine rings is 1. The van der Waals surface area contributed by atoms with Gasteiger partial charge in [0, 0.05) is 76.5 Å². The molecule has 1 aromatic heterocycles. The number of aromatic nitrogens is 1. The molecule has 46 heavy (non-hydrogen) atoms. The molecule has 3 aliphatic rings. The predicted octanol–water partition coefficient (Wildman–Crippen LogP) is 5.10. The van der Waals surface area contributed by atoms with Crippen LogP contribution in [0.25, 0.3) is 0 Å². The first-order valence-electron chi connectivity index (χ1n) is 15.9. The molecule has 0 spiro atoms. The standard InChI is InChI=1S/C35H39F2N5O4/c1-40-16-18-41(19-17-40)27-9-14-42(15-10-27)34(45)39-33-23-29(8-13-38-33)46-28-7-4-25(30(37)22-28)21-32(44)35(11-12-35)31(43)20-24-2-5-26(36)6-3-24/h2-8,13,22-23,27H,9-12,14-21H2,1H3,(H,38,39,45). The molecule has 2 amide bonds. The van der Waals surface area contributed by atoms with E-state index in [-0.39, 0.29) is 41.8 Å². The molecule has 3 heterocycles. The number of urea groups is 1. The van der Waals surface area contributed by atoms with E-state index < -0.39 is 17.0 Å². The summed E-state index contributed by atoms with van der Waals surface area (Å²) in [6, 6.07) is 13.4. The molecule has 6 rings (SSSR count). The lowest BCUT2D eigenvalue weighted by atomic mass is 9.88. The van der Waals surface area contributed by atoms with Gasteiger partial charge in [-0.3, -0.25) is 19.8 Å². The van der Waals surface area contributed by atoms with Crippen molar-refractivity contribution >= 4 is 23.4 Å². The summed E-state index contributed by atoms with van der Waals surface area (Å²) in [4.78, 5) is 50.0. The van der Waals surface area contributed by atoms with Crippen LogP contribution in [-0.4, -0.2) is 89.6 Å². The molecule has 0 unspecified atom stereocenters. The van der Waals surface area contributed by atoms with Crippen molar-refractivity contribution in [3.8, 4) is 11.5 Å². The Kier molecular flexibility index (Phi) is 9.42. The third kappa shape index (κ3) is 7.42. The average Bonchev–Trinajstić information content (AvgIpc) is 3.87. The number of nitrogens with zero attached hydrogens (tertiary/aromatic N) is 4. The molecule has 1 N–H and O–H groups in total. The number of carbonyl (C=O) groups is 3. The van der Waals surface area contributed by atoms with Crippen molar-refractivity contribution in [3.63, 3.8) is 0 Å². The molecular weight excluding hydrogens is 592 g/mol. The molecule has 0 atom stereocenters. The van der Waals surface area contributed by atoms with E-state index in [2.05, 4.69) is 27.1 Å². The lowest BCUT2D eigenvalue weighted by molar-refractivity contribution is -0.133. The van der Waals surface area contributed by atoms with Gasteiger partial charge in [-0.05, 0) is 68.1 Å². The van der Waals surface area contributed by atoms with E-state index in [0.717, 1.165) is 39.0 Å². The van der Waals surface area contributed by atoms with Crippen LogP contribution in [0, 0.1) is 17.0 Å². The zero-order valence-electron chi connectivity index (χ0n) is 26.0. The predicted molar refractivity (Wildman–Crippen MR) is 169 cm³/mol. The molecule has 2 saturated heterocycles. The summed E-state index contributed by atoms with van der Waals surface area (Å²) >= 11 is 0. The Balaban J connectivity index is 1.00. The number of piperidine rings is 1. The van der Waals surface area contributed by atoms with Gasteiger partial charge in [-0.1, -0.05) is 18.2 Å². The van der Waals surface area contributed by atoms with E-state index in [1.807, 2.05) is 0 Å². The Morgan fingerprint density at radius 2 is 1.54 bits per heavy atom. The number of hydrogen-bond acceptors (Lipinski definition) is 7. The molecule has 0 bridgehead atoms. The van der Waals surface area contributed by atoms with Gasteiger partial charge < -0.3 is 14.5 Å². The summed E-state index contributed by atoms with van der Waals surface area (Å²) in [5.74, 6) is -0.635. The van der Waals surface area contributed by atoms with Crippen LogP contribution in [0.3, 0.4) is 0 Å². The minimum atomic E-state index is -1.10. The number of amides is 2. The number of benzene rings is 2. The lowest BCUT2D eigenvalue weighted by Crippen LogP contribution is -2.53. The monoisotopic (exact) mass is 631 g/mol. The van der Waals surface area contributed by atoms with Crippen LogP contribution in [-0.2, 0) is 22.4 Å². The third-order valence-corrected chi connectivity index (χ3v) is 9.48. The fraction of sp³-hybridized carbons (Fsp3) is 0.429. The molecule has 2 aliphatic heterocycles. The average molecular weight is 632 g/mol. The number of anilines is 1. The SMILES string of the molecule is CN1CCN(C2CCN(C(=O)Nc3cc(Oc4ccc(CC(=O)C5(C(=O)Cc6ccc(F)cc6)CC5)c(F)c4)ccn3)CC2)CC1. The number of piperazine rings is 1. The number of halogens is 2. The quantitative estimate of drug-likeness (QED) is 0.311. The van der Waals surface area contributed by atoms with Gasteiger partial charge in [0.2, 0.25) is 0 Å². The second kappa shape index (κ2) is 13.6. The smallest absolute Gasteiger partial charge is 0.323 e. The van der Waals surface area contributed by atoms with Crippen molar-refractivity contribution in [1.82, 2.24) is 19.7 Å². The fourth-order valence-corrected chi connectivity index (χ4v) is 6.36. The minimum Gasteiger partial charge on any atom is -0.457 e. The van der Waals surface area contributed by atoms with Crippen LogP contribution in [0.5, 0.6) is 11.5 Å². The van der Waals surface area contributed by atoms with E-state index in [1.165, 1.54) is 42.6 Å². The number of ketones is 2. The zero-order valence-corrected chi connectivity index (χ0v) is 26.0. The lowest BCUT2D eigenvalue weighted by Gasteiger charge is -2.42. The van der Waals surface area contributed by atoms with Crippen LogP contribution >= 0.6 is 0 Å². The second-order valence-electron chi connectivity index (χ2n) is 12.6. The molecule has 2 aromatic carbocycles. The van der Waals surface area contributed by atoms with Crippen LogP contribution in [0.4, 0.5) is 19.4 Å². The number of likely N-dealkylation sites (N-methyl/N-ethyl adjacent to an activating group) is 1. The minimum absolute atomic E-state index is 0.0328. The van der Waals surface area contributed by atoms with Crippen molar-refractivity contribution in [2.45, 2.75) is 44.6 Å². The highest BCUT2D eigenvalue weighted by atomic mass is 19.1. The summed E-state index contributed by atoms with van der Waals surface area (Å²) in [5, 5.41) is 2.85.